The Hall–Kier alpha value is -0.130. The van der Waals surface area contributed by atoms with Gasteiger partial charge in [0.2, 0.25) is 10.0 Å². The monoisotopic (exact) mass is 262 g/mol. The molecule has 1 aliphatic rings. The fourth-order valence-corrected chi connectivity index (χ4v) is 3.99. The predicted molar refractivity (Wildman–Crippen MR) is 71.5 cm³/mol. The summed E-state index contributed by atoms with van der Waals surface area (Å²) in [7, 11) is -1.32. The van der Waals surface area contributed by atoms with Crippen molar-refractivity contribution in [1.29, 1.82) is 0 Å². The van der Waals surface area contributed by atoms with Gasteiger partial charge in [-0.3, -0.25) is 0 Å². The van der Waals surface area contributed by atoms with Crippen molar-refractivity contribution in [3.8, 4) is 0 Å². The average molecular weight is 262 g/mol. The van der Waals surface area contributed by atoms with Crippen LogP contribution >= 0.6 is 0 Å². The second-order valence-corrected chi connectivity index (χ2v) is 8.51. The molecule has 2 atom stereocenters. The number of nitrogens with one attached hydrogen (secondary N) is 1. The van der Waals surface area contributed by atoms with Gasteiger partial charge in [0.05, 0.1) is 4.75 Å². The lowest BCUT2D eigenvalue weighted by atomic mass is 9.99. The SMILES string of the molecule is CNC(C)C1CCCCN1S(=O)(=O)C(C)(C)C. The molecule has 102 valence electrons. The molecular formula is C12H26N2O2S. The zero-order valence-corrected chi connectivity index (χ0v) is 12.5. The lowest BCUT2D eigenvalue weighted by molar-refractivity contribution is 0.209. The summed E-state index contributed by atoms with van der Waals surface area (Å²) in [5.74, 6) is 0. The maximum atomic E-state index is 12.5. The van der Waals surface area contributed by atoms with Gasteiger partial charge in [-0.05, 0) is 47.6 Å². The van der Waals surface area contributed by atoms with E-state index in [-0.39, 0.29) is 12.1 Å². The van der Waals surface area contributed by atoms with Crippen LogP contribution in [0, 0.1) is 0 Å². The number of likely N-dealkylation sites (N-methyl/N-ethyl adjacent to an activating group) is 1. The zero-order valence-electron chi connectivity index (χ0n) is 11.7. The van der Waals surface area contributed by atoms with E-state index in [9.17, 15) is 8.42 Å². The van der Waals surface area contributed by atoms with Crippen LogP contribution in [0.15, 0.2) is 0 Å². The Morgan fingerprint density at radius 2 is 1.88 bits per heavy atom. The molecule has 0 bridgehead atoms. The first-order valence-corrected chi connectivity index (χ1v) is 7.84. The topological polar surface area (TPSA) is 49.4 Å². The fourth-order valence-electron chi connectivity index (χ4n) is 2.27. The minimum Gasteiger partial charge on any atom is -0.316 e. The van der Waals surface area contributed by atoms with Crippen molar-refractivity contribution in [2.24, 2.45) is 0 Å². The smallest absolute Gasteiger partial charge is 0.219 e. The van der Waals surface area contributed by atoms with E-state index in [4.69, 9.17) is 0 Å². The van der Waals surface area contributed by atoms with E-state index in [1.54, 1.807) is 25.1 Å². The van der Waals surface area contributed by atoms with E-state index in [0.29, 0.717) is 6.54 Å². The summed E-state index contributed by atoms with van der Waals surface area (Å²) < 4.78 is 26.1. The molecule has 1 heterocycles. The van der Waals surface area contributed by atoms with E-state index in [1.807, 2.05) is 7.05 Å². The third-order valence-corrected chi connectivity index (χ3v) is 6.23. The van der Waals surface area contributed by atoms with Crippen molar-refractivity contribution in [1.82, 2.24) is 9.62 Å². The van der Waals surface area contributed by atoms with E-state index in [1.165, 1.54) is 0 Å². The highest BCUT2D eigenvalue weighted by Gasteiger charge is 2.41. The summed E-state index contributed by atoms with van der Waals surface area (Å²) in [6, 6.07) is 0.297. The van der Waals surface area contributed by atoms with Crippen molar-refractivity contribution in [3.05, 3.63) is 0 Å². The zero-order chi connectivity index (χ0) is 13.3. The molecular weight excluding hydrogens is 236 g/mol. The Morgan fingerprint density at radius 3 is 2.35 bits per heavy atom. The normalized spacial score (nSPS) is 25.8. The molecule has 0 saturated carbocycles. The Balaban J connectivity index is 3.00. The van der Waals surface area contributed by atoms with Gasteiger partial charge < -0.3 is 5.32 Å². The summed E-state index contributed by atoms with van der Waals surface area (Å²) in [5.41, 5.74) is 0. The average Bonchev–Trinajstić information content (AvgIpc) is 2.26. The van der Waals surface area contributed by atoms with E-state index in [0.717, 1.165) is 19.3 Å². The minimum atomic E-state index is -3.21. The minimum absolute atomic E-state index is 0.0953. The maximum absolute atomic E-state index is 12.5. The molecule has 0 aromatic heterocycles. The number of hydrogen-bond donors (Lipinski definition) is 1. The van der Waals surface area contributed by atoms with Gasteiger partial charge in [0.25, 0.3) is 0 Å². The largest absolute Gasteiger partial charge is 0.316 e. The van der Waals surface area contributed by atoms with Crippen LogP contribution in [0.25, 0.3) is 0 Å². The lowest BCUT2D eigenvalue weighted by Gasteiger charge is -2.41. The standard InChI is InChI=1S/C12H26N2O2S/c1-10(13-5)11-8-6-7-9-14(11)17(15,16)12(2,3)4/h10-11,13H,6-9H2,1-5H3. The molecule has 1 rings (SSSR count). The van der Waals surface area contributed by atoms with Crippen molar-refractivity contribution >= 4 is 10.0 Å². The summed E-state index contributed by atoms with van der Waals surface area (Å²) in [6.07, 6.45) is 3.05. The van der Waals surface area contributed by atoms with Gasteiger partial charge in [0.15, 0.2) is 0 Å². The van der Waals surface area contributed by atoms with Crippen LogP contribution in [0.3, 0.4) is 0 Å². The first-order chi connectivity index (χ1) is 7.71. The third-order valence-electron chi connectivity index (χ3n) is 3.61. The number of piperidine rings is 1. The van der Waals surface area contributed by atoms with Crippen LogP contribution in [0.1, 0.15) is 47.0 Å². The summed E-state index contributed by atoms with van der Waals surface area (Å²) in [4.78, 5) is 0. The van der Waals surface area contributed by atoms with Gasteiger partial charge >= 0.3 is 0 Å². The van der Waals surface area contributed by atoms with E-state index >= 15 is 0 Å². The molecule has 0 aliphatic carbocycles. The van der Waals surface area contributed by atoms with Crippen LogP contribution in [0.2, 0.25) is 0 Å². The van der Waals surface area contributed by atoms with Gasteiger partial charge in [-0.15, -0.1) is 0 Å². The molecule has 1 aliphatic heterocycles. The lowest BCUT2D eigenvalue weighted by Crippen LogP contribution is -2.56. The van der Waals surface area contributed by atoms with E-state index in [2.05, 4.69) is 12.2 Å². The second-order valence-electron chi connectivity index (χ2n) is 5.87. The quantitative estimate of drug-likeness (QED) is 0.840. The van der Waals surface area contributed by atoms with Crippen LogP contribution in [0.5, 0.6) is 0 Å². The van der Waals surface area contributed by atoms with Crippen molar-refractivity contribution < 1.29 is 8.42 Å². The molecule has 0 aromatic carbocycles. The molecule has 2 unspecified atom stereocenters. The molecule has 4 nitrogen and oxygen atoms in total. The van der Waals surface area contributed by atoms with Gasteiger partial charge in [-0.1, -0.05) is 6.42 Å². The van der Waals surface area contributed by atoms with Crippen LogP contribution in [-0.2, 0) is 10.0 Å². The Bertz CT molecular complexity index is 346. The highest BCUT2D eigenvalue weighted by atomic mass is 32.2. The Morgan fingerprint density at radius 1 is 1.29 bits per heavy atom. The van der Waals surface area contributed by atoms with Gasteiger partial charge in [0, 0.05) is 18.6 Å². The molecule has 1 N–H and O–H groups in total. The number of sulfonamides is 1. The number of nitrogens with zero attached hydrogens (tertiary/aromatic N) is 1. The highest BCUT2D eigenvalue weighted by molar-refractivity contribution is 7.90. The molecule has 0 amide bonds. The molecule has 0 spiro atoms. The van der Waals surface area contributed by atoms with Gasteiger partial charge in [0.1, 0.15) is 0 Å². The Kier molecular flexibility index (Phi) is 4.60. The highest BCUT2D eigenvalue weighted by Crippen LogP contribution is 2.29. The Labute approximate surface area is 106 Å². The first kappa shape index (κ1) is 14.9. The predicted octanol–water partition coefficient (Wildman–Crippen LogP) is 1.58. The van der Waals surface area contributed by atoms with Crippen molar-refractivity contribution in [3.63, 3.8) is 0 Å². The van der Waals surface area contributed by atoms with Gasteiger partial charge in [-0.25, -0.2) is 8.42 Å². The van der Waals surface area contributed by atoms with Crippen LogP contribution in [-0.4, -0.2) is 43.1 Å². The molecule has 1 fully saturated rings. The molecule has 5 heteroatoms. The summed E-state index contributed by atoms with van der Waals surface area (Å²) in [5, 5.41) is 3.18. The molecule has 17 heavy (non-hydrogen) atoms. The second kappa shape index (κ2) is 5.24. The van der Waals surface area contributed by atoms with Crippen molar-refractivity contribution in [2.75, 3.05) is 13.6 Å². The first-order valence-electron chi connectivity index (χ1n) is 6.40. The molecule has 0 radical (unpaired) electrons. The number of hydrogen-bond acceptors (Lipinski definition) is 3. The third kappa shape index (κ3) is 3.01. The summed E-state index contributed by atoms with van der Waals surface area (Å²) >= 11 is 0. The van der Waals surface area contributed by atoms with Crippen LogP contribution in [0.4, 0.5) is 0 Å². The molecule has 0 aromatic rings. The van der Waals surface area contributed by atoms with Gasteiger partial charge in [-0.2, -0.15) is 4.31 Å². The fraction of sp³-hybridized carbons (Fsp3) is 1.00. The van der Waals surface area contributed by atoms with Crippen LogP contribution < -0.4 is 5.32 Å². The maximum Gasteiger partial charge on any atom is 0.219 e. The number of rotatable bonds is 3. The summed E-state index contributed by atoms with van der Waals surface area (Å²) in [6.45, 7) is 8.05. The van der Waals surface area contributed by atoms with E-state index < -0.39 is 14.8 Å². The molecule has 1 saturated heterocycles. The van der Waals surface area contributed by atoms with Crippen molar-refractivity contribution in [2.45, 2.75) is 63.8 Å².